The van der Waals surface area contributed by atoms with Crippen LogP contribution < -0.4 is 11.1 Å². The van der Waals surface area contributed by atoms with Crippen LogP contribution in [0.3, 0.4) is 0 Å². The average molecular weight is 254 g/mol. The lowest BCUT2D eigenvalue weighted by Crippen LogP contribution is -2.09. The first-order chi connectivity index (χ1) is 9.25. The lowest BCUT2D eigenvalue weighted by Gasteiger charge is -2.14. The van der Waals surface area contributed by atoms with E-state index >= 15 is 0 Å². The van der Waals surface area contributed by atoms with Crippen molar-refractivity contribution in [2.75, 3.05) is 11.1 Å². The molecule has 4 N–H and O–H groups in total. The molecule has 0 bridgehead atoms. The molecule has 0 radical (unpaired) electrons. The van der Waals surface area contributed by atoms with E-state index in [0.29, 0.717) is 5.69 Å². The topological polar surface area (TPSA) is 92.5 Å². The van der Waals surface area contributed by atoms with Crippen LogP contribution in [0.15, 0.2) is 36.8 Å². The maximum absolute atomic E-state index is 5.93. The zero-order valence-electron chi connectivity index (χ0n) is 10.5. The van der Waals surface area contributed by atoms with Crippen LogP contribution in [-0.2, 0) is 0 Å². The number of rotatable bonds is 3. The summed E-state index contributed by atoms with van der Waals surface area (Å²) in [5.41, 5.74) is 8.38. The summed E-state index contributed by atoms with van der Waals surface area (Å²) in [6.45, 7) is 2.01. The van der Waals surface area contributed by atoms with Crippen molar-refractivity contribution < 1.29 is 0 Å². The summed E-state index contributed by atoms with van der Waals surface area (Å²) in [5, 5.41) is 11.1. The molecule has 3 aromatic rings. The van der Waals surface area contributed by atoms with Crippen LogP contribution in [0.25, 0.3) is 10.9 Å². The Morgan fingerprint density at radius 1 is 1.26 bits per heavy atom. The number of hydrogen-bond donors (Lipinski definition) is 3. The van der Waals surface area contributed by atoms with Gasteiger partial charge in [-0.1, -0.05) is 12.1 Å². The van der Waals surface area contributed by atoms with Crippen LogP contribution in [0.4, 0.5) is 11.4 Å². The first-order valence-corrected chi connectivity index (χ1v) is 6.00. The van der Waals surface area contributed by atoms with Gasteiger partial charge >= 0.3 is 0 Å². The van der Waals surface area contributed by atoms with Crippen LogP contribution in [0.2, 0.25) is 0 Å². The number of nitrogens with zero attached hydrogens (tertiary/aromatic N) is 3. The molecule has 0 aliphatic rings. The van der Waals surface area contributed by atoms with Gasteiger partial charge in [0.15, 0.2) is 0 Å². The van der Waals surface area contributed by atoms with Crippen LogP contribution in [0, 0.1) is 0 Å². The maximum Gasteiger partial charge on any atom is 0.146 e. The molecule has 2 aromatic heterocycles. The summed E-state index contributed by atoms with van der Waals surface area (Å²) in [7, 11) is 0. The Morgan fingerprint density at radius 3 is 2.95 bits per heavy atom. The second kappa shape index (κ2) is 4.56. The largest absolute Gasteiger partial charge is 0.397 e. The van der Waals surface area contributed by atoms with Crippen LogP contribution >= 0.6 is 0 Å². The number of nitrogens with one attached hydrogen (secondary N) is 2. The smallest absolute Gasteiger partial charge is 0.146 e. The summed E-state index contributed by atoms with van der Waals surface area (Å²) in [4.78, 5) is 8.45. The lowest BCUT2D eigenvalue weighted by molar-refractivity contribution is 0.797. The Balaban J connectivity index is 1.99. The highest BCUT2D eigenvalue weighted by Gasteiger charge is 2.10. The third-order valence-corrected chi connectivity index (χ3v) is 3.02. The number of nitrogen functional groups attached to an aromatic ring is 1. The number of anilines is 2. The Morgan fingerprint density at radius 2 is 2.16 bits per heavy atom. The molecule has 0 spiro atoms. The summed E-state index contributed by atoms with van der Waals surface area (Å²) in [5.74, 6) is 0.786. The minimum absolute atomic E-state index is 0.0227. The summed E-state index contributed by atoms with van der Waals surface area (Å²) < 4.78 is 0. The predicted octanol–water partition coefficient (Wildman–Crippen LogP) is 2.11. The number of hydrogen-bond acceptors (Lipinski definition) is 5. The monoisotopic (exact) mass is 254 g/mol. The van der Waals surface area contributed by atoms with E-state index in [9.17, 15) is 0 Å². The highest BCUT2D eigenvalue weighted by atomic mass is 15.2. The molecule has 0 saturated heterocycles. The Bertz CT molecular complexity index is 691. The Hall–Kier alpha value is -2.63. The lowest BCUT2D eigenvalue weighted by atomic mass is 10.1. The number of nitrogens with two attached hydrogens (primary N) is 1. The molecule has 1 atom stereocenters. The van der Waals surface area contributed by atoms with Gasteiger partial charge in [0.05, 0.1) is 17.2 Å². The van der Waals surface area contributed by atoms with Crippen LogP contribution in [0.5, 0.6) is 0 Å². The van der Waals surface area contributed by atoms with Gasteiger partial charge < -0.3 is 11.1 Å². The van der Waals surface area contributed by atoms with Crippen molar-refractivity contribution in [1.29, 1.82) is 0 Å². The normalized spacial score (nSPS) is 12.5. The molecule has 19 heavy (non-hydrogen) atoms. The van der Waals surface area contributed by atoms with E-state index in [1.165, 1.54) is 6.33 Å². The van der Waals surface area contributed by atoms with E-state index in [1.807, 2.05) is 31.2 Å². The number of aromatic nitrogens is 4. The SMILES string of the molecule is CC(Nc1ccnc2c(N)cccc12)c1ncn[nH]1. The summed E-state index contributed by atoms with van der Waals surface area (Å²) in [6, 6.07) is 7.71. The maximum atomic E-state index is 5.93. The minimum atomic E-state index is 0.0227. The van der Waals surface area contributed by atoms with Gasteiger partial charge in [-0.3, -0.25) is 10.1 Å². The zero-order chi connectivity index (χ0) is 13.2. The minimum Gasteiger partial charge on any atom is -0.397 e. The number of benzene rings is 1. The fourth-order valence-electron chi connectivity index (χ4n) is 2.05. The third kappa shape index (κ3) is 2.08. The number of pyridine rings is 1. The van der Waals surface area contributed by atoms with Crippen LogP contribution in [0.1, 0.15) is 18.8 Å². The molecule has 1 aromatic carbocycles. The van der Waals surface area contributed by atoms with Gasteiger partial charge in [-0.15, -0.1) is 0 Å². The van der Waals surface area contributed by atoms with Crippen molar-refractivity contribution in [1.82, 2.24) is 20.2 Å². The molecule has 2 heterocycles. The van der Waals surface area contributed by atoms with E-state index in [0.717, 1.165) is 22.4 Å². The number of H-pyrrole nitrogens is 1. The molecule has 96 valence electrons. The van der Waals surface area contributed by atoms with Crippen molar-refractivity contribution >= 4 is 22.3 Å². The first-order valence-electron chi connectivity index (χ1n) is 6.00. The molecule has 1 unspecified atom stereocenters. The fraction of sp³-hybridized carbons (Fsp3) is 0.154. The van der Waals surface area contributed by atoms with Gasteiger partial charge in [-0.2, -0.15) is 5.10 Å². The molecule has 6 heteroatoms. The van der Waals surface area contributed by atoms with Crippen molar-refractivity contribution in [3.05, 3.63) is 42.6 Å². The van der Waals surface area contributed by atoms with E-state index in [-0.39, 0.29) is 6.04 Å². The van der Waals surface area contributed by atoms with E-state index in [1.54, 1.807) is 6.20 Å². The standard InChI is InChI=1S/C13H14N6/c1-8(13-16-7-17-19-13)18-11-5-6-15-12-9(11)3-2-4-10(12)14/h2-8H,14H2,1H3,(H,15,18)(H,16,17,19). The summed E-state index contributed by atoms with van der Waals surface area (Å²) >= 11 is 0. The summed E-state index contributed by atoms with van der Waals surface area (Å²) in [6.07, 6.45) is 3.24. The van der Waals surface area contributed by atoms with Gasteiger partial charge in [-0.05, 0) is 19.1 Å². The molecule has 0 saturated carbocycles. The molecule has 3 rings (SSSR count). The van der Waals surface area contributed by atoms with Crippen molar-refractivity contribution in [2.24, 2.45) is 0 Å². The number of para-hydroxylation sites is 1. The average Bonchev–Trinajstić information content (AvgIpc) is 2.94. The van der Waals surface area contributed by atoms with Gasteiger partial charge in [0, 0.05) is 17.3 Å². The van der Waals surface area contributed by atoms with Crippen molar-refractivity contribution in [2.45, 2.75) is 13.0 Å². The highest BCUT2D eigenvalue weighted by Crippen LogP contribution is 2.27. The molecule has 6 nitrogen and oxygen atoms in total. The van der Waals surface area contributed by atoms with Crippen molar-refractivity contribution in [3.63, 3.8) is 0 Å². The molecular weight excluding hydrogens is 240 g/mol. The zero-order valence-corrected chi connectivity index (χ0v) is 10.5. The quantitative estimate of drug-likeness (QED) is 0.622. The van der Waals surface area contributed by atoms with Crippen LogP contribution in [-0.4, -0.2) is 20.2 Å². The van der Waals surface area contributed by atoms with Gasteiger partial charge in [0.2, 0.25) is 0 Å². The Labute approximate surface area is 110 Å². The number of aromatic amines is 1. The highest BCUT2D eigenvalue weighted by molar-refractivity contribution is 5.97. The van der Waals surface area contributed by atoms with E-state index in [4.69, 9.17) is 5.73 Å². The predicted molar refractivity (Wildman–Crippen MR) is 74.6 cm³/mol. The molecule has 0 aliphatic carbocycles. The first kappa shape index (κ1) is 11.5. The molecule has 0 fully saturated rings. The second-order valence-corrected chi connectivity index (χ2v) is 4.34. The van der Waals surface area contributed by atoms with Gasteiger partial charge in [0.1, 0.15) is 12.2 Å². The Kier molecular flexibility index (Phi) is 2.75. The molecule has 0 amide bonds. The fourth-order valence-corrected chi connectivity index (χ4v) is 2.05. The van der Waals surface area contributed by atoms with Gasteiger partial charge in [-0.25, -0.2) is 4.98 Å². The van der Waals surface area contributed by atoms with E-state index < -0.39 is 0 Å². The molecule has 0 aliphatic heterocycles. The van der Waals surface area contributed by atoms with Crippen molar-refractivity contribution in [3.8, 4) is 0 Å². The molecular formula is C13H14N6. The van der Waals surface area contributed by atoms with E-state index in [2.05, 4.69) is 25.5 Å². The second-order valence-electron chi connectivity index (χ2n) is 4.34. The van der Waals surface area contributed by atoms with Gasteiger partial charge in [0.25, 0.3) is 0 Å². The number of fused-ring (bicyclic) bond motifs is 1. The third-order valence-electron chi connectivity index (χ3n) is 3.02.